The van der Waals surface area contributed by atoms with Crippen LogP contribution in [0, 0.1) is 6.92 Å². The number of nitrogens with one attached hydrogen (secondary N) is 1. The van der Waals surface area contributed by atoms with Crippen LogP contribution in [-0.2, 0) is 11.3 Å². The molecule has 0 saturated carbocycles. The minimum absolute atomic E-state index is 0.382. The predicted octanol–water partition coefficient (Wildman–Crippen LogP) is 1.45. The zero-order valence-corrected chi connectivity index (χ0v) is 11.9. The number of likely N-dealkylation sites (N-methyl/N-ethyl adjacent to an activating group) is 2. The van der Waals surface area contributed by atoms with E-state index in [1.165, 1.54) is 0 Å². The van der Waals surface area contributed by atoms with Gasteiger partial charge in [0.1, 0.15) is 0 Å². The molecule has 0 aromatic carbocycles. The van der Waals surface area contributed by atoms with Crippen molar-refractivity contribution in [3.63, 3.8) is 0 Å². The lowest BCUT2D eigenvalue weighted by Crippen LogP contribution is -2.44. The minimum atomic E-state index is 0.382. The van der Waals surface area contributed by atoms with Crippen molar-refractivity contribution in [2.75, 3.05) is 33.9 Å². The molecular weight excluding hydrogens is 226 g/mol. The summed E-state index contributed by atoms with van der Waals surface area (Å²) >= 11 is 0. The Morgan fingerprint density at radius 1 is 1.44 bits per heavy atom. The van der Waals surface area contributed by atoms with E-state index in [2.05, 4.69) is 34.3 Å². The normalized spacial score (nSPS) is 12.9. The van der Waals surface area contributed by atoms with Crippen LogP contribution in [0.3, 0.4) is 0 Å². The Labute approximate surface area is 110 Å². The van der Waals surface area contributed by atoms with E-state index in [0.29, 0.717) is 6.04 Å². The quantitative estimate of drug-likeness (QED) is 0.759. The number of pyridine rings is 1. The molecule has 0 radical (unpaired) electrons. The lowest BCUT2D eigenvalue weighted by Gasteiger charge is -2.29. The first-order valence-electron chi connectivity index (χ1n) is 6.51. The van der Waals surface area contributed by atoms with E-state index < -0.39 is 0 Å². The fourth-order valence-electron chi connectivity index (χ4n) is 2.12. The average Bonchev–Trinajstić information content (AvgIpc) is 2.36. The standard InChI is InChI=1S/C14H25N3O/c1-5-17(14(9-15-3)11-18-4)10-13-8-6-7-12(2)16-13/h6-8,14-15H,5,9-11H2,1-4H3. The molecule has 1 N–H and O–H groups in total. The van der Waals surface area contributed by atoms with E-state index in [0.717, 1.165) is 37.6 Å². The molecule has 18 heavy (non-hydrogen) atoms. The van der Waals surface area contributed by atoms with Crippen molar-refractivity contribution in [2.24, 2.45) is 0 Å². The SMILES string of the molecule is CCN(Cc1cccc(C)n1)C(CNC)COC. The Bertz CT molecular complexity index is 338. The molecule has 4 nitrogen and oxygen atoms in total. The number of hydrogen-bond donors (Lipinski definition) is 1. The second-order valence-electron chi connectivity index (χ2n) is 4.50. The summed E-state index contributed by atoms with van der Waals surface area (Å²) in [6.07, 6.45) is 0. The lowest BCUT2D eigenvalue weighted by molar-refractivity contribution is 0.0881. The first kappa shape index (κ1) is 15.1. The fraction of sp³-hybridized carbons (Fsp3) is 0.643. The number of hydrogen-bond acceptors (Lipinski definition) is 4. The molecule has 0 saturated heterocycles. The van der Waals surface area contributed by atoms with Crippen LogP contribution in [0.25, 0.3) is 0 Å². The van der Waals surface area contributed by atoms with Gasteiger partial charge in [-0.2, -0.15) is 0 Å². The molecule has 0 aliphatic carbocycles. The van der Waals surface area contributed by atoms with Gasteiger partial charge in [0.2, 0.25) is 0 Å². The summed E-state index contributed by atoms with van der Waals surface area (Å²) in [5.41, 5.74) is 2.19. The molecule has 0 aliphatic heterocycles. The molecule has 0 bridgehead atoms. The van der Waals surface area contributed by atoms with Crippen molar-refractivity contribution in [2.45, 2.75) is 26.4 Å². The Morgan fingerprint density at radius 3 is 2.78 bits per heavy atom. The molecule has 1 aromatic rings. The molecule has 0 amide bonds. The third-order valence-corrected chi connectivity index (χ3v) is 3.03. The van der Waals surface area contributed by atoms with E-state index in [4.69, 9.17) is 4.74 Å². The summed E-state index contributed by atoms with van der Waals surface area (Å²) in [5.74, 6) is 0. The van der Waals surface area contributed by atoms with Crippen LogP contribution < -0.4 is 5.32 Å². The van der Waals surface area contributed by atoms with Gasteiger partial charge in [-0.05, 0) is 32.6 Å². The Kier molecular flexibility index (Phi) is 6.86. The average molecular weight is 251 g/mol. The van der Waals surface area contributed by atoms with Gasteiger partial charge in [0.25, 0.3) is 0 Å². The second-order valence-corrected chi connectivity index (χ2v) is 4.50. The first-order valence-corrected chi connectivity index (χ1v) is 6.51. The van der Waals surface area contributed by atoms with Crippen molar-refractivity contribution in [3.8, 4) is 0 Å². The Morgan fingerprint density at radius 2 is 2.22 bits per heavy atom. The van der Waals surface area contributed by atoms with Crippen LogP contribution >= 0.6 is 0 Å². The van der Waals surface area contributed by atoms with Crippen molar-refractivity contribution in [1.29, 1.82) is 0 Å². The molecule has 4 heteroatoms. The zero-order valence-electron chi connectivity index (χ0n) is 11.9. The summed E-state index contributed by atoms with van der Waals surface area (Å²) in [5, 5.41) is 3.22. The monoisotopic (exact) mass is 251 g/mol. The van der Waals surface area contributed by atoms with Gasteiger partial charge in [0, 0.05) is 31.9 Å². The van der Waals surface area contributed by atoms with Gasteiger partial charge in [0.05, 0.1) is 12.3 Å². The second kappa shape index (κ2) is 8.19. The van der Waals surface area contributed by atoms with Crippen LogP contribution in [0.1, 0.15) is 18.3 Å². The van der Waals surface area contributed by atoms with E-state index >= 15 is 0 Å². The van der Waals surface area contributed by atoms with Crippen molar-refractivity contribution in [3.05, 3.63) is 29.6 Å². The highest BCUT2D eigenvalue weighted by atomic mass is 16.5. The van der Waals surface area contributed by atoms with Gasteiger partial charge in [0.15, 0.2) is 0 Å². The van der Waals surface area contributed by atoms with E-state index in [-0.39, 0.29) is 0 Å². The molecular formula is C14H25N3O. The third kappa shape index (κ3) is 4.72. The fourth-order valence-corrected chi connectivity index (χ4v) is 2.12. The van der Waals surface area contributed by atoms with Gasteiger partial charge in [-0.15, -0.1) is 0 Å². The summed E-state index contributed by atoms with van der Waals surface area (Å²) in [6, 6.07) is 6.56. The van der Waals surface area contributed by atoms with Gasteiger partial charge in [-0.25, -0.2) is 0 Å². The van der Waals surface area contributed by atoms with Gasteiger partial charge < -0.3 is 10.1 Å². The van der Waals surface area contributed by atoms with Crippen molar-refractivity contribution in [1.82, 2.24) is 15.2 Å². The molecule has 0 spiro atoms. The molecule has 0 aliphatic rings. The number of ether oxygens (including phenoxy) is 1. The number of aromatic nitrogens is 1. The predicted molar refractivity (Wildman–Crippen MR) is 74.6 cm³/mol. The topological polar surface area (TPSA) is 37.4 Å². The highest BCUT2D eigenvalue weighted by molar-refractivity contribution is 5.09. The van der Waals surface area contributed by atoms with Crippen LogP contribution in [0.15, 0.2) is 18.2 Å². The van der Waals surface area contributed by atoms with Crippen molar-refractivity contribution >= 4 is 0 Å². The molecule has 1 heterocycles. The Hall–Kier alpha value is -0.970. The molecule has 102 valence electrons. The third-order valence-electron chi connectivity index (χ3n) is 3.03. The smallest absolute Gasteiger partial charge is 0.0630 e. The van der Waals surface area contributed by atoms with Gasteiger partial charge in [-0.3, -0.25) is 9.88 Å². The molecule has 1 rings (SSSR count). The maximum absolute atomic E-state index is 5.30. The number of nitrogens with zero attached hydrogens (tertiary/aromatic N) is 2. The maximum atomic E-state index is 5.30. The summed E-state index contributed by atoms with van der Waals surface area (Å²) in [7, 11) is 3.73. The zero-order chi connectivity index (χ0) is 13.4. The molecule has 0 fully saturated rings. The lowest BCUT2D eigenvalue weighted by atomic mass is 10.2. The summed E-state index contributed by atoms with van der Waals surface area (Å²) < 4.78 is 5.30. The first-order chi connectivity index (χ1) is 8.71. The number of aryl methyl sites for hydroxylation is 1. The highest BCUT2D eigenvalue weighted by Gasteiger charge is 2.16. The summed E-state index contributed by atoms with van der Waals surface area (Å²) in [4.78, 5) is 6.95. The minimum Gasteiger partial charge on any atom is -0.383 e. The highest BCUT2D eigenvalue weighted by Crippen LogP contribution is 2.07. The van der Waals surface area contributed by atoms with Gasteiger partial charge >= 0.3 is 0 Å². The van der Waals surface area contributed by atoms with Gasteiger partial charge in [-0.1, -0.05) is 13.0 Å². The maximum Gasteiger partial charge on any atom is 0.0630 e. The van der Waals surface area contributed by atoms with E-state index in [1.54, 1.807) is 7.11 Å². The van der Waals surface area contributed by atoms with E-state index in [1.807, 2.05) is 20.0 Å². The number of methoxy groups -OCH3 is 1. The van der Waals surface area contributed by atoms with Crippen LogP contribution in [-0.4, -0.2) is 49.8 Å². The number of rotatable bonds is 8. The molecule has 1 atom stereocenters. The largest absolute Gasteiger partial charge is 0.383 e. The van der Waals surface area contributed by atoms with Crippen LogP contribution in [0.2, 0.25) is 0 Å². The Balaban J connectivity index is 2.69. The van der Waals surface area contributed by atoms with Crippen molar-refractivity contribution < 1.29 is 4.74 Å². The van der Waals surface area contributed by atoms with Crippen LogP contribution in [0.5, 0.6) is 0 Å². The molecule has 1 aromatic heterocycles. The van der Waals surface area contributed by atoms with Crippen LogP contribution in [0.4, 0.5) is 0 Å². The molecule has 1 unspecified atom stereocenters. The summed E-state index contributed by atoms with van der Waals surface area (Å²) in [6.45, 7) is 7.72. The van der Waals surface area contributed by atoms with E-state index in [9.17, 15) is 0 Å².